The van der Waals surface area contributed by atoms with Gasteiger partial charge in [0.15, 0.2) is 0 Å². The lowest BCUT2D eigenvalue weighted by atomic mass is 10.1. The Bertz CT molecular complexity index is 539. The van der Waals surface area contributed by atoms with Crippen LogP contribution in [0.4, 0.5) is 0 Å². The van der Waals surface area contributed by atoms with Crippen molar-refractivity contribution >= 4 is 31.9 Å². The van der Waals surface area contributed by atoms with E-state index in [0.29, 0.717) is 0 Å². The van der Waals surface area contributed by atoms with Gasteiger partial charge in [0.25, 0.3) is 0 Å². The van der Waals surface area contributed by atoms with Crippen LogP contribution in [0.15, 0.2) is 33.6 Å². The van der Waals surface area contributed by atoms with Crippen LogP contribution < -0.4 is 5.32 Å². The predicted octanol–water partition coefficient (Wildman–Crippen LogP) is 3.04. The standard InChI is InChI=1S/C12H14Br2N4/c1-3-15-11(12-16-4-5-18(12)2)10-9(14)6-8(13)7-17-10/h4-7,11,15H,3H2,1-2H3. The second kappa shape index (κ2) is 5.95. The second-order valence-corrected chi connectivity index (χ2v) is 5.68. The van der Waals surface area contributed by atoms with Crippen LogP contribution in [-0.4, -0.2) is 21.1 Å². The van der Waals surface area contributed by atoms with Crippen LogP contribution in [0, 0.1) is 0 Å². The first kappa shape index (κ1) is 13.7. The molecule has 1 unspecified atom stereocenters. The van der Waals surface area contributed by atoms with Gasteiger partial charge in [-0.1, -0.05) is 6.92 Å². The SMILES string of the molecule is CCNC(c1ncc(Br)cc1Br)c1nccn1C. The summed E-state index contributed by atoms with van der Waals surface area (Å²) < 4.78 is 3.92. The fourth-order valence-electron chi connectivity index (χ4n) is 1.81. The Kier molecular flexibility index (Phi) is 4.53. The molecular formula is C12H14Br2N4. The van der Waals surface area contributed by atoms with Crippen molar-refractivity contribution in [3.63, 3.8) is 0 Å². The number of imidazole rings is 1. The smallest absolute Gasteiger partial charge is 0.131 e. The van der Waals surface area contributed by atoms with E-state index in [-0.39, 0.29) is 6.04 Å². The Balaban J connectivity index is 2.45. The number of halogens is 2. The maximum Gasteiger partial charge on any atom is 0.131 e. The highest BCUT2D eigenvalue weighted by Gasteiger charge is 2.21. The first-order chi connectivity index (χ1) is 8.63. The zero-order valence-corrected chi connectivity index (χ0v) is 13.4. The summed E-state index contributed by atoms with van der Waals surface area (Å²) in [5.41, 5.74) is 0.939. The fourth-order valence-corrected chi connectivity index (χ4v) is 3.02. The fraction of sp³-hybridized carbons (Fsp3) is 0.333. The van der Waals surface area contributed by atoms with E-state index < -0.39 is 0 Å². The van der Waals surface area contributed by atoms with Crippen molar-refractivity contribution in [2.45, 2.75) is 13.0 Å². The van der Waals surface area contributed by atoms with Crippen molar-refractivity contribution in [3.05, 3.63) is 45.1 Å². The Morgan fingerprint density at radius 2 is 2.17 bits per heavy atom. The summed E-state index contributed by atoms with van der Waals surface area (Å²) in [5, 5.41) is 3.41. The summed E-state index contributed by atoms with van der Waals surface area (Å²) in [4.78, 5) is 8.89. The maximum atomic E-state index is 4.48. The van der Waals surface area contributed by atoms with Gasteiger partial charge < -0.3 is 9.88 Å². The normalized spacial score (nSPS) is 12.7. The van der Waals surface area contributed by atoms with Gasteiger partial charge in [-0.3, -0.25) is 4.98 Å². The van der Waals surface area contributed by atoms with Gasteiger partial charge in [0.2, 0.25) is 0 Å². The third kappa shape index (κ3) is 2.81. The lowest BCUT2D eigenvalue weighted by Gasteiger charge is -2.18. The van der Waals surface area contributed by atoms with E-state index in [1.165, 1.54) is 0 Å². The summed E-state index contributed by atoms with van der Waals surface area (Å²) >= 11 is 6.97. The molecule has 2 aromatic heterocycles. The molecule has 0 saturated heterocycles. The molecule has 6 heteroatoms. The molecule has 0 aliphatic rings. The van der Waals surface area contributed by atoms with Gasteiger partial charge in [-0.25, -0.2) is 4.98 Å². The molecule has 0 radical (unpaired) electrons. The summed E-state index contributed by atoms with van der Waals surface area (Å²) in [5.74, 6) is 0.951. The number of rotatable bonds is 4. The van der Waals surface area contributed by atoms with Gasteiger partial charge >= 0.3 is 0 Å². The van der Waals surface area contributed by atoms with Crippen molar-refractivity contribution in [2.75, 3.05) is 6.54 Å². The zero-order valence-electron chi connectivity index (χ0n) is 10.2. The minimum atomic E-state index is -0.0162. The highest BCUT2D eigenvalue weighted by atomic mass is 79.9. The first-order valence-corrected chi connectivity index (χ1v) is 7.23. The number of nitrogens with zero attached hydrogens (tertiary/aromatic N) is 3. The van der Waals surface area contributed by atoms with E-state index in [1.807, 2.05) is 23.9 Å². The molecule has 1 N–H and O–H groups in total. The molecule has 0 amide bonds. The highest BCUT2D eigenvalue weighted by molar-refractivity contribution is 9.11. The minimum absolute atomic E-state index is 0.0162. The average Bonchev–Trinajstić information content (AvgIpc) is 2.73. The number of hydrogen-bond acceptors (Lipinski definition) is 3. The number of aryl methyl sites for hydroxylation is 1. The van der Waals surface area contributed by atoms with Crippen molar-refractivity contribution in [1.82, 2.24) is 19.9 Å². The molecular weight excluding hydrogens is 360 g/mol. The first-order valence-electron chi connectivity index (χ1n) is 5.65. The van der Waals surface area contributed by atoms with Crippen molar-refractivity contribution < 1.29 is 0 Å². The number of aromatic nitrogens is 3. The van der Waals surface area contributed by atoms with Gasteiger partial charge in [0.05, 0.1) is 5.69 Å². The molecule has 0 saturated carbocycles. The quantitative estimate of drug-likeness (QED) is 0.895. The molecule has 4 nitrogen and oxygen atoms in total. The summed E-state index contributed by atoms with van der Waals surface area (Å²) in [7, 11) is 1.99. The van der Waals surface area contributed by atoms with Crippen LogP contribution in [-0.2, 0) is 7.05 Å². The Hall–Kier alpha value is -0.720. The molecule has 0 aromatic carbocycles. The molecule has 0 fully saturated rings. The monoisotopic (exact) mass is 372 g/mol. The van der Waals surface area contributed by atoms with Gasteiger partial charge in [-0.15, -0.1) is 0 Å². The summed E-state index contributed by atoms with van der Waals surface area (Å²) in [6, 6.07) is 1.98. The van der Waals surface area contributed by atoms with Crippen LogP contribution in [0.3, 0.4) is 0 Å². The molecule has 0 bridgehead atoms. The van der Waals surface area contributed by atoms with Gasteiger partial charge in [-0.05, 0) is 44.5 Å². The van der Waals surface area contributed by atoms with Crippen molar-refractivity contribution in [2.24, 2.45) is 7.05 Å². The Labute approximate surface area is 123 Å². The predicted molar refractivity (Wildman–Crippen MR) is 78.4 cm³/mol. The average molecular weight is 374 g/mol. The zero-order chi connectivity index (χ0) is 13.1. The molecule has 96 valence electrons. The van der Waals surface area contributed by atoms with E-state index in [9.17, 15) is 0 Å². The molecule has 2 heterocycles. The molecule has 0 spiro atoms. The topological polar surface area (TPSA) is 42.7 Å². The van der Waals surface area contributed by atoms with Crippen LogP contribution >= 0.6 is 31.9 Å². The molecule has 18 heavy (non-hydrogen) atoms. The lowest BCUT2D eigenvalue weighted by molar-refractivity contribution is 0.562. The molecule has 0 aliphatic carbocycles. The van der Waals surface area contributed by atoms with Crippen molar-refractivity contribution in [3.8, 4) is 0 Å². The van der Waals surface area contributed by atoms with Crippen LogP contribution in [0.1, 0.15) is 24.5 Å². The lowest BCUT2D eigenvalue weighted by Crippen LogP contribution is -2.26. The number of nitrogens with one attached hydrogen (secondary N) is 1. The van der Waals surface area contributed by atoms with Crippen LogP contribution in [0.5, 0.6) is 0 Å². The van der Waals surface area contributed by atoms with Crippen molar-refractivity contribution in [1.29, 1.82) is 0 Å². The number of hydrogen-bond donors (Lipinski definition) is 1. The summed E-state index contributed by atoms with van der Waals surface area (Å²) in [6.07, 6.45) is 5.53. The largest absolute Gasteiger partial charge is 0.336 e. The van der Waals surface area contributed by atoms with E-state index in [1.54, 1.807) is 12.4 Å². The van der Waals surface area contributed by atoms with E-state index in [4.69, 9.17) is 0 Å². The van der Waals surface area contributed by atoms with Crippen LogP contribution in [0.2, 0.25) is 0 Å². The Morgan fingerprint density at radius 3 is 2.72 bits per heavy atom. The maximum absolute atomic E-state index is 4.48. The van der Waals surface area contributed by atoms with E-state index >= 15 is 0 Å². The molecule has 0 aliphatic heterocycles. The van der Waals surface area contributed by atoms with Crippen LogP contribution in [0.25, 0.3) is 0 Å². The summed E-state index contributed by atoms with van der Waals surface area (Å²) in [6.45, 7) is 2.92. The molecule has 1 atom stereocenters. The second-order valence-electron chi connectivity index (χ2n) is 3.91. The molecule has 2 rings (SSSR count). The third-order valence-corrected chi connectivity index (χ3v) is 3.70. The third-order valence-electron chi connectivity index (χ3n) is 2.63. The number of pyridine rings is 1. The van der Waals surface area contributed by atoms with E-state index in [0.717, 1.165) is 27.0 Å². The van der Waals surface area contributed by atoms with Gasteiger partial charge in [-0.2, -0.15) is 0 Å². The highest BCUT2D eigenvalue weighted by Crippen LogP contribution is 2.27. The van der Waals surface area contributed by atoms with Gasteiger partial charge in [0.1, 0.15) is 11.9 Å². The molecule has 2 aromatic rings. The van der Waals surface area contributed by atoms with Gasteiger partial charge in [0, 0.05) is 34.6 Å². The Morgan fingerprint density at radius 1 is 1.39 bits per heavy atom. The van der Waals surface area contributed by atoms with E-state index in [2.05, 4.69) is 54.1 Å². The minimum Gasteiger partial charge on any atom is -0.336 e.